The fourth-order valence-corrected chi connectivity index (χ4v) is 3.58. The van der Waals surface area contributed by atoms with E-state index in [0.29, 0.717) is 6.29 Å². The molecule has 1 rings (SSSR count). The molecule has 0 aromatic heterocycles. The molecule has 1 fully saturated rings. The van der Waals surface area contributed by atoms with E-state index in [-0.39, 0.29) is 13.0 Å². The summed E-state index contributed by atoms with van der Waals surface area (Å²) in [6.45, 7) is 1.89. The van der Waals surface area contributed by atoms with Crippen molar-refractivity contribution in [3.05, 3.63) is 0 Å². The topological polar surface area (TPSA) is 71.1 Å². The highest BCUT2D eigenvalue weighted by molar-refractivity contribution is 6.40. The number of methoxy groups -OCH3 is 3. The maximum Gasteiger partial charge on any atom is 0.335 e. The van der Waals surface area contributed by atoms with E-state index in [1.165, 1.54) is 21.3 Å². The number of ether oxygens (including phenoxy) is 4. The van der Waals surface area contributed by atoms with E-state index >= 15 is 0 Å². The lowest BCUT2D eigenvalue weighted by molar-refractivity contribution is -0.231. The van der Waals surface area contributed by atoms with Crippen LogP contribution < -0.4 is 0 Å². The average molecular weight is 329 g/mol. The van der Waals surface area contributed by atoms with Gasteiger partial charge in [-0.25, -0.2) is 4.79 Å². The zero-order chi connectivity index (χ0) is 15.6. The molecule has 8 heteroatoms. The van der Waals surface area contributed by atoms with Crippen molar-refractivity contribution in [1.82, 2.24) is 0 Å². The van der Waals surface area contributed by atoms with Gasteiger partial charge in [-0.05, 0) is 6.92 Å². The Balaban J connectivity index is 3.49. The van der Waals surface area contributed by atoms with Gasteiger partial charge in [0.1, 0.15) is 17.3 Å². The van der Waals surface area contributed by atoms with E-state index < -0.39 is 27.6 Å². The molecule has 0 spiro atoms. The number of carbonyl (C=O) groups is 2. The van der Waals surface area contributed by atoms with E-state index in [0.717, 1.165) is 0 Å². The van der Waals surface area contributed by atoms with Gasteiger partial charge in [0.2, 0.25) is 10.7 Å². The molecule has 0 unspecified atom stereocenters. The van der Waals surface area contributed by atoms with E-state index in [2.05, 4.69) is 0 Å². The highest BCUT2D eigenvalue weighted by Crippen LogP contribution is 2.55. The number of carbonyl (C=O) groups excluding carboxylic acids is 2. The molecule has 0 N–H and O–H groups in total. The summed E-state index contributed by atoms with van der Waals surface area (Å²) in [4.78, 5) is 20.1. The Kier molecular flexibility index (Phi) is 5.43. The molecule has 0 radical (unpaired) electrons. The first-order valence-electron chi connectivity index (χ1n) is 5.96. The highest BCUT2D eigenvalue weighted by Gasteiger charge is 2.76. The normalized spacial score (nSPS) is 35.8. The number of hydrogen-bond acceptors (Lipinski definition) is 6. The minimum Gasteiger partial charge on any atom is -0.467 e. The Morgan fingerprint density at radius 1 is 1.30 bits per heavy atom. The van der Waals surface area contributed by atoms with Crippen LogP contribution in [-0.2, 0) is 28.5 Å². The van der Waals surface area contributed by atoms with E-state index in [1.807, 2.05) is 0 Å². The van der Waals surface area contributed by atoms with Crippen molar-refractivity contribution >= 4 is 35.5 Å². The molecule has 0 bridgehead atoms. The molecule has 0 heterocycles. The molecule has 1 aliphatic carbocycles. The van der Waals surface area contributed by atoms with E-state index in [9.17, 15) is 9.59 Å². The van der Waals surface area contributed by atoms with Crippen molar-refractivity contribution in [2.75, 3.05) is 27.9 Å². The lowest BCUT2D eigenvalue weighted by Gasteiger charge is -2.38. The molecule has 0 saturated heterocycles. The number of rotatable bonds is 6. The third-order valence-corrected chi connectivity index (χ3v) is 4.59. The molecule has 0 aromatic rings. The maximum absolute atomic E-state index is 12.2. The Hall–Kier alpha value is -0.400. The molecule has 1 saturated carbocycles. The molecule has 20 heavy (non-hydrogen) atoms. The van der Waals surface area contributed by atoms with E-state index in [4.69, 9.17) is 42.1 Å². The molecule has 1 aliphatic rings. The van der Waals surface area contributed by atoms with Crippen LogP contribution in [0.3, 0.4) is 0 Å². The summed E-state index contributed by atoms with van der Waals surface area (Å²) in [5.74, 6) is -2.48. The van der Waals surface area contributed by atoms with Crippen molar-refractivity contribution in [2.45, 2.75) is 35.0 Å². The quantitative estimate of drug-likeness (QED) is 0.315. The monoisotopic (exact) mass is 328 g/mol. The molecular formula is C12H18Cl2O6. The van der Waals surface area contributed by atoms with Crippen molar-refractivity contribution in [3.8, 4) is 0 Å². The van der Waals surface area contributed by atoms with Crippen molar-refractivity contribution in [3.63, 3.8) is 0 Å². The number of aldehydes is 1. The fourth-order valence-electron chi connectivity index (χ4n) is 2.57. The number of esters is 1. The van der Waals surface area contributed by atoms with Crippen LogP contribution in [0, 0.1) is 0 Å². The van der Waals surface area contributed by atoms with Crippen LogP contribution in [0.1, 0.15) is 13.3 Å². The molecular weight excluding hydrogens is 311 g/mol. The van der Waals surface area contributed by atoms with Gasteiger partial charge in [-0.15, -0.1) is 11.6 Å². The Bertz CT molecular complexity index is 386. The minimum atomic E-state index is -1.90. The molecule has 3 atom stereocenters. The van der Waals surface area contributed by atoms with Gasteiger partial charge in [0.15, 0.2) is 0 Å². The van der Waals surface area contributed by atoms with E-state index in [1.54, 1.807) is 6.92 Å². The van der Waals surface area contributed by atoms with Crippen molar-refractivity contribution < 1.29 is 28.5 Å². The third-order valence-electron chi connectivity index (χ3n) is 3.53. The first-order chi connectivity index (χ1) is 9.31. The molecule has 116 valence electrons. The first kappa shape index (κ1) is 17.7. The van der Waals surface area contributed by atoms with Gasteiger partial charge in [-0.1, -0.05) is 11.6 Å². The summed E-state index contributed by atoms with van der Waals surface area (Å²) < 4.78 is 20.7. The number of alkyl halides is 2. The summed E-state index contributed by atoms with van der Waals surface area (Å²) >= 11 is 12.7. The van der Waals surface area contributed by atoms with Gasteiger partial charge >= 0.3 is 5.97 Å². The number of halogens is 2. The van der Waals surface area contributed by atoms with Crippen LogP contribution >= 0.6 is 23.2 Å². The Labute approximate surface area is 127 Å². The van der Waals surface area contributed by atoms with Crippen LogP contribution in [0.15, 0.2) is 0 Å². The van der Waals surface area contributed by atoms with Gasteiger partial charge < -0.3 is 23.7 Å². The Morgan fingerprint density at radius 2 is 1.85 bits per heavy atom. The van der Waals surface area contributed by atoms with Gasteiger partial charge in [-0.2, -0.15) is 0 Å². The average Bonchev–Trinajstić information content (AvgIpc) is 2.67. The molecule has 6 nitrogen and oxygen atoms in total. The van der Waals surface area contributed by atoms with Crippen molar-refractivity contribution in [1.29, 1.82) is 0 Å². The van der Waals surface area contributed by atoms with Crippen LogP contribution in [0.4, 0.5) is 0 Å². The lowest BCUT2D eigenvalue weighted by Crippen LogP contribution is -2.61. The maximum atomic E-state index is 12.2. The fraction of sp³-hybridized carbons (Fsp3) is 0.833. The van der Waals surface area contributed by atoms with Crippen molar-refractivity contribution in [2.24, 2.45) is 0 Å². The second-order valence-electron chi connectivity index (χ2n) is 4.42. The molecule has 0 aromatic carbocycles. The van der Waals surface area contributed by atoms with Gasteiger partial charge in [0.05, 0.1) is 7.11 Å². The minimum absolute atomic E-state index is 0.151. The highest BCUT2D eigenvalue weighted by atomic mass is 35.5. The summed E-state index contributed by atoms with van der Waals surface area (Å²) in [5, 5.41) is 0. The summed E-state index contributed by atoms with van der Waals surface area (Å²) in [7, 11) is 3.78. The predicted molar refractivity (Wildman–Crippen MR) is 72.0 cm³/mol. The standard InChI is InChI=1S/C12H18Cl2O6/c1-5-20-8-10(13,7-15)6-11(18-3,19-4)12(8,14)9(16)17-2/h7-8H,5-6H2,1-4H3/t8-,10-,12-/m0/s1. The second-order valence-corrected chi connectivity index (χ2v) is 5.72. The first-order valence-corrected chi connectivity index (χ1v) is 6.72. The summed E-state index contributed by atoms with van der Waals surface area (Å²) in [6, 6.07) is 0. The largest absolute Gasteiger partial charge is 0.467 e. The van der Waals surface area contributed by atoms with Gasteiger partial charge in [0, 0.05) is 27.2 Å². The van der Waals surface area contributed by atoms with Crippen LogP contribution in [0.25, 0.3) is 0 Å². The SMILES string of the molecule is CCO[C@H]1[C@@](Cl)(C=O)CC(OC)(OC)[C@@]1(Cl)C(=O)OC. The summed E-state index contributed by atoms with van der Waals surface area (Å²) in [6.07, 6.45) is -0.830. The second kappa shape index (κ2) is 6.15. The van der Waals surface area contributed by atoms with Gasteiger partial charge in [0.25, 0.3) is 0 Å². The molecule has 0 amide bonds. The smallest absolute Gasteiger partial charge is 0.335 e. The van der Waals surface area contributed by atoms with Crippen LogP contribution in [0.2, 0.25) is 0 Å². The zero-order valence-electron chi connectivity index (χ0n) is 11.8. The predicted octanol–water partition coefficient (Wildman–Crippen LogP) is 1.11. The third kappa shape index (κ3) is 2.23. The van der Waals surface area contributed by atoms with Crippen LogP contribution in [0.5, 0.6) is 0 Å². The van der Waals surface area contributed by atoms with Gasteiger partial charge in [-0.3, -0.25) is 0 Å². The number of hydrogen-bond donors (Lipinski definition) is 0. The molecule has 0 aliphatic heterocycles. The zero-order valence-corrected chi connectivity index (χ0v) is 13.3. The lowest BCUT2D eigenvalue weighted by atomic mass is 9.97. The Morgan fingerprint density at radius 3 is 2.20 bits per heavy atom. The van der Waals surface area contributed by atoms with Crippen LogP contribution in [-0.4, -0.2) is 61.8 Å². The summed E-state index contributed by atoms with van der Waals surface area (Å²) in [5.41, 5.74) is 0.